The molecule has 1 aromatic rings. The maximum atomic E-state index is 2.64. The number of rotatable bonds is 4. The molecule has 0 bridgehead atoms. The van der Waals surface area contributed by atoms with Crippen molar-refractivity contribution in [3.63, 3.8) is 0 Å². The van der Waals surface area contributed by atoms with Gasteiger partial charge in [0.05, 0.1) is 0 Å². The Hall–Kier alpha value is 0.0901. The number of benzene rings is 1. The van der Waals surface area contributed by atoms with Crippen LogP contribution in [0.15, 0.2) is 30.3 Å². The molecule has 1 aromatic carbocycles. The predicted molar refractivity (Wildman–Crippen MR) is 193 cm³/mol. The van der Waals surface area contributed by atoms with Crippen LogP contribution < -0.4 is 0 Å². The van der Waals surface area contributed by atoms with E-state index in [1.165, 1.54) is 96.3 Å². The van der Waals surface area contributed by atoms with Crippen LogP contribution in [0, 0.1) is 93.8 Å². The smallest absolute Gasteiger partial charge is 0.358 e. The summed E-state index contributed by atoms with van der Waals surface area (Å²) in [5.74, 6) is 8.48. The van der Waals surface area contributed by atoms with Gasteiger partial charge in [-0.25, -0.2) is 0 Å². The summed E-state index contributed by atoms with van der Waals surface area (Å²) in [4.78, 5) is 0. The van der Waals surface area contributed by atoms with E-state index in [0.29, 0.717) is 16.2 Å². The Balaban J connectivity index is 0.00000194. The molecule has 5 saturated carbocycles. The standard InChI is InChI=1S/C39H62.4CH3.Hf/c1-37(2,3)30-21-23-32-33-24-22-31(38(4,5)6)26-35(33)36(34(32)25-30)39(29-19-13-14-20-29,27-15-9-7-10-16-27)28-17-11-8-12-18-28;;;;;/h7,9-10,15-16,28-36H,8,11-14,17-26H2,1-6H3;4*1H3;/q;4*-1;+4/t30?,31?,32?,33?,34?,35?,36?,39-;;;;;/m0...../s1. The van der Waals surface area contributed by atoms with Crippen LogP contribution in [-0.2, 0) is 31.3 Å². The van der Waals surface area contributed by atoms with E-state index in [-0.39, 0.29) is 55.5 Å². The van der Waals surface area contributed by atoms with Gasteiger partial charge in [-0.3, -0.25) is 0 Å². The Morgan fingerprint density at radius 3 is 1.23 bits per heavy atom. The first kappa shape index (κ1) is 42.1. The normalized spacial score (nSPS) is 33.9. The molecule has 0 aliphatic heterocycles. The van der Waals surface area contributed by atoms with Crippen molar-refractivity contribution in [2.45, 2.75) is 143 Å². The molecule has 44 heavy (non-hydrogen) atoms. The first-order valence-corrected chi connectivity index (χ1v) is 17.7. The Morgan fingerprint density at radius 1 is 0.455 bits per heavy atom. The molecule has 5 aliphatic carbocycles. The summed E-state index contributed by atoms with van der Waals surface area (Å²) in [6.07, 6.45) is 22.5. The molecule has 5 fully saturated rings. The van der Waals surface area contributed by atoms with Crippen LogP contribution in [0.4, 0.5) is 0 Å². The van der Waals surface area contributed by atoms with Gasteiger partial charge in [-0.1, -0.05) is 104 Å². The summed E-state index contributed by atoms with van der Waals surface area (Å²) < 4.78 is 0. The maximum absolute atomic E-state index is 2.64. The number of hydrogen-bond acceptors (Lipinski definition) is 0. The molecule has 0 heterocycles. The van der Waals surface area contributed by atoms with Gasteiger partial charge < -0.3 is 29.7 Å². The van der Waals surface area contributed by atoms with Crippen LogP contribution in [0.1, 0.15) is 143 Å². The van der Waals surface area contributed by atoms with Gasteiger partial charge in [0.15, 0.2) is 0 Å². The first-order chi connectivity index (χ1) is 18.6. The predicted octanol–water partition coefficient (Wildman–Crippen LogP) is 13.3. The molecule has 0 N–H and O–H groups in total. The fourth-order valence-electron chi connectivity index (χ4n) is 12.2. The number of hydrogen-bond donors (Lipinski definition) is 0. The average molecular weight is 770 g/mol. The van der Waals surface area contributed by atoms with Crippen molar-refractivity contribution in [1.29, 1.82) is 0 Å². The Morgan fingerprint density at radius 2 is 0.841 bits per heavy atom. The van der Waals surface area contributed by atoms with Crippen molar-refractivity contribution in [2.24, 2.45) is 64.1 Å². The van der Waals surface area contributed by atoms with Crippen molar-refractivity contribution < 1.29 is 25.8 Å². The maximum Gasteiger partial charge on any atom is 4.00 e. The fraction of sp³-hybridized carbons (Fsp3) is 0.767. The quantitative estimate of drug-likeness (QED) is 0.211. The summed E-state index contributed by atoms with van der Waals surface area (Å²) in [5.41, 5.74) is 3.11. The third-order valence-corrected chi connectivity index (χ3v) is 14.0. The molecule has 6 unspecified atom stereocenters. The zero-order valence-corrected chi connectivity index (χ0v) is 34.8. The SMILES string of the molecule is CC(C)(C)C1CCC2C3CCC(C(C)(C)C)CC3C([C@@](c3ccccc3)(C3CCCCC3)C3CCCC3)C2C1.[CH3-].[CH3-].[CH3-].[CH3-].[Hf+4]. The zero-order chi connectivity index (χ0) is 27.4. The Kier molecular flexibility index (Phi) is 15.8. The minimum Gasteiger partial charge on any atom is -0.358 e. The third kappa shape index (κ3) is 7.54. The summed E-state index contributed by atoms with van der Waals surface area (Å²) in [7, 11) is 0. The first-order valence-electron chi connectivity index (χ1n) is 17.7. The largest absolute Gasteiger partial charge is 4.00 e. The molecule has 0 amide bonds. The third-order valence-electron chi connectivity index (χ3n) is 14.0. The van der Waals surface area contributed by atoms with Crippen molar-refractivity contribution in [2.75, 3.05) is 0 Å². The van der Waals surface area contributed by atoms with E-state index in [1.807, 2.05) is 0 Å². The summed E-state index contributed by atoms with van der Waals surface area (Å²) in [6, 6.07) is 12.4. The topological polar surface area (TPSA) is 0 Å². The van der Waals surface area contributed by atoms with Gasteiger partial charge in [-0.05, 0) is 134 Å². The van der Waals surface area contributed by atoms with Crippen molar-refractivity contribution in [3.8, 4) is 0 Å². The molecule has 0 nitrogen and oxygen atoms in total. The molecule has 5 aliphatic rings. The Labute approximate surface area is 297 Å². The van der Waals surface area contributed by atoms with Crippen LogP contribution in [0.3, 0.4) is 0 Å². The summed E-state index contributed by atoms with van der Waals surface area (Å²) in [5, 5.41) is 0. The second kappa shape index (κ2) is 16.5. The van der Waals surface area contributed by atoms with Crippen LogP contribution in [-0.4, -0.2) is 0 Å². The molecule has 0 radical (unpaired) electrons. The van der Waals surface area contributed by atoms with Crippen LogP contribution >= 0.6 is 0 Å². The molecular formula is C43H74Hf. The molecular weight excluding hydrogens is 695 g/mol. The molecule has 6 rings (SSSR count). The minimum absolute atomic E-state index is 0. The van der Waals surface area contributed by atoms with Crippen molar-refractivity contribution in [3.05, 3.63) is 65.6 Å². The Bertz CT molecular complexity index is 901. The monoisotopic (exact) mass is 771 g/mol. The second-order valence-electron chi connectivity index (χ2n) is 17.5. The van der Waals surface area contributed by atoms with Gasteiger partial charge in [0.25, 0.3) is 0 Å². The van der Waals surface area contributed by atoms with E-state index in [0.717, 1.165) is 53.3 Å². The van der Waals surface area contributed by atoms with E-state index in [2.05, 4.69) is 71.9 Å². The number of fused-ring (bicyclic) bond motifs is 3. The van der Waals surface area contributed by atoms with Gasteiger partial charge in [0.1, 0.15) is 0 Å². The van der Waals surface area contributed by atoms with Gasteiger partial charge in [0, 0.05) is 5.41 Å². The molecule has 0 aromatic heterocycles. The van der Waals surface area contributed by atoms with E-state index in [1.54, 1.807) is 5.56 Å². The van der Waals surface area contributed by atoms with Crippen molar-refractivity contribution >= 4 is 0 Å². The van der Waals surface area contributed by atoms with E-state index < -0.39 is 0 Å². The van der Waals surface area contributed by atoms with E-state index >= 15 is 0 Å². The molecule has 0 spiro atoms. The molecule has 1 heteroatoms. The van der Waals surface area contributed by atoms with Crippen molar-refractivity contribution in [1.82, 2.24) is 0 Å². The van der Waals surface area contributed by atoms with Gasteiger partial charge in [0.2, 0.25) is 0 Å². The zero-order valence-electron chi connectivity index (χ0n) is 31.2. The van der Waals surface area contributed by atoms with Gasteiger partial charge in [-0.2, -0.15) is 0 Å². The van der Waals surface area contributed by atoms with Gasteiger partial charge >= 0.3 is 25.8 Å². The van der Waals surface area contributed by atoms with Crippen LogP contribution in [0.25, 0.3) is 0 Å². The second-order valence-corrected chi connectivity index (χ2v) is 17.5. The van der Waals surface area contributed by atoms with E-state index in [9.17, 15) is 0 Å². The van der Waals surface area contributed by atoms with Crippen LogP contribution in [0.5, 0.6) is 0 Å². The average Bonchev–Trinajstić information content (AvgIpc) is 3.57. The van der Waals surface area contributed by atoms with Crippen LogP contribution in [0.2, 0.25) is 0 Å². The summed E-state index contributed by atoms with van der Waals surface area (Å²) in [6.45, 7) is 15.4. The fourth-order valence-corrected chi connectivity index (χ4v) is 12.2. The summed E-state index contributed by atoms with van der Waals surface area (Å²) >= 11 is 0. The minimum atomic E-state index is 0. The van der Waals surface area contributed by atoms with Gasteiger partial charge in [-0.15, -0.1) is 0 Å². The molecule has 7 atom stereocenters. The van der Waals surface area contributed by atoms with E-state index in [4.69, 9.17) is 0 Å². The molecule has 250 valence electrons. The molecule has 0 saturated heterocycles.